The summed E-state index contributed by atoms with van der Waals surface area (Å²) in [4.78, 5) is 37.3. The topological polar surface area (TPSA) is 185 Å². The molecule has 8 rings (SSSR count). The molecule has 0 atom stereocenters. The van der Waals surface area contributed by atoms with Crippen molar-refractivity contribution >= 4 is 17.7 Å². The number of rotatable bonds is 0. The molecule has 6 heterocycles. The van der Waals surface area contributed by atoms with Crippen LogP contribution in [0.25, 0.3) is 22.3 Å². The molecule has 0 amide bonds. The first kappa shape index (κ1) is 26.2. The lowest BCUT2D eigenvalue weighted by atomic mass is 9.77. The largest absolute Gasteiger partial charge is 0.464 e. The minimum absolute atomic E-state index is 0.223. The number of hydrogen-bond donors (Lipinski definition) is 3. The fraction of sp³-hybridized carbons (Fsp3) is 0.367. The van der Waals surface area contributed by atoms with Gasteiger partial charge >= 0.3 is 0 Å². The van der Waals surface area contributed by atoms with Crippen LogP contribution < -0.4 is 20.9 Å². The van der Waals surface area contributed by atoms with Gasteiger partial charge in [-0.3, -0.25) is 4.79 Å². The van der Waals surface area contributed by atoms with Crippen LogP contribution >= 0.6 is 0 Å². The molecule has 0 saturated heterocycles. The van der Waals surface area contributed by atoms with Gasteiger partial charge in [-0.1, -0.05) is 0 Å². The minimum atomic E-state index is -0.609. The third-order valence-corrected chi connectivity index (χ3v) is 8.56. The van der Waals surface area contributed by atoms with Crippen LogP contribution in [-0.2, 0) is 16.0 Å². The third-order valence-electron chi connectivity index (χ3n) is 8.56. The number of nitrogen functional groups attached to an aromatic ring is 2. The summed E-state index contributed by atoms with van der Waals surface area (Å²) in [5.74, 6) is 1.92. The van der Waals surface area contributed by atoms with E-state index in [1.807, 2.05) is 24.3 Å². The number of carbonyl (C=O) groups excluding carboxylic acids is 1. The molecule has 12 heteroatoms. The molecule has 0 aromatic carbocycles. The average molecular weight is 567 g/mol. The fourth-order valence-corrected chi connectivity index (χ4v) is 6.38. The molecule has 5 N–H and O–H groups in total. The monoisotopic (exact) mass is 566 g/mol. The van der Waals surface area contributed by atoms with E-state index < -0.39 is 11.2 Å². The Morgan fingerprint density at radius 1 is 0.714 bits per heavy atom. The van der Waals surface area contributed by atoms with Crippen molar-refractivity contribution in [2.45, 2.75) is 68.7 Å². The van der Waals surface area contributed by atoms with Gasteiger partial charge < -0.3 is 26.0 Å². The van der Waals surface area contributed by atoms with E-state index in [0.29, 0.717) is 63.1 Å². The van der Waals surface area contributed by atoms with Crippen LogP contribution in [0.4, 0.5) is 11.9 Å². The molecule has 2 aliphatic carbocycles. The van der Waals surface area contributed by atoms with E-state index in [-0.39, 0.29) is 23.8 Å². The van der Waals surface area contributed by atoms with Crippen molar-refractivity contribution in [1.29, 1.82) is 0 Å². The maximum Gasteiger partial charge on any atom is 0.222 e. The molecule has 42 heavy (non-hydrogen) atoms. The van der Waals surface area contributed by atoms with Gasteiger partial charge in [0.1, 0.15) is 5.78 Å². The zero-order chi connectivity index (χ0) is 28.9. The number of nitrogens with two attached hydrogens (primary N) is 2. The van der Waals surface area contributed by atoms with Crippen molar-refractivity contribution in [3.8, 4) is 34.0 Å². The van der Waals surface area contributed by atoms with E-state index in [9.17, 15) is 9.90 Å². The Kier molecular flexibility index (Phi) is 6.23. The first-order valence-corrected chi connectivity index (χ1v) is 14.1. The predicted molar refractivity (Wildman–Crippen MR) is 152 cm³/mol. The molecule has 0 radical (unpaired) electrons. The summed E-state index contributed by atoms with van der Waals surface area (Å²) in [5.41, 5.74) is 15.6. The van der Waals surface area contributed by atoms with E-state index in [4.69, 9.17) is 20.9 Å². The summed E-state index contributed by atoms with van der Waals surface area (Å²) in [6.45, 7) is 0. The van der Waals surface area contributed by atoms with Gasteiger partial charge in [0.2, 0.25) is 23.7 Å². The van der Waals surface area contributed by atoms with Crippen LogP contribution in [0, 0.1) is 0 Å². The summed E-state index contributed by atoms with van der Waals surface area (Å²) in [6.07, 6.45) is 11.6. The zero-order valence-corrected chi connectivity index (χ0v) is 22.9. The molecular formula is C30H30N8O4. The quantitative estimate of drug-likeness (QED) is 0.282. The molecule has 0 unspecified atom stereocenters. The van der Waals surface area contributed by atoms with Gasteiger partial charge in [-0.05, 0) is 62.8 Å². The van der Waals surface area contributed by atoms with Crippen LogP contribution in [0.1, 0.15) is 62.8 Å². The normalized spacial score (nSPS) is 22.8. The van der Waals surface area contributed by atoms with Gasteiger partial charge in [0.25, 0.3) is 0 Å². The molecular weight excluding hydrogens is 536 g/mol. The second kappa shape index (κ2) is 9.98. The summed E-state index contributed by atoms with van der Waals surface area (Å²) < 4.78 is 12.4. The van der Waals surface area contributed by atoms with Gasteiger partial charge in [-0.2, -0.15) is 0 Å². The Hall–Kier alpha value is -4.71. The summed E-state index contributed by atoms with van der Waals surface area (Å²) in [7, 11) is 0. The average Bonchev–Trinajstić information content (AvgIpc) is 3.01. The highest BCUT2D eigenvalue weighted by Gasteiger charge is 2.47. The summed E-state index contributed by atoms with van der Waals surface area (Å²) in [5, 5.41) is 9.79. The standard InChI is InChI=1S/C15H16N4O2.C15H14N4O2/c2*16-14-18-8-11-10-2-1-7-17-13(10)21-15(12(11)19-14)5-3-9(20)4-6-15/h1-2,7-9,20H,3-6H2,(H2,16,18,19);1-2,7-8H,3-6H2,(H2,16,18,19). The van der Waals surface area contributed by atoms with Crippen molar-refractivity contribution in [2.24, 2.45) is 0 Å². The second-order valence-corrected chi connectivity index (χ2v) is 11.2. The molecule has 0 bridgehead atoms. The molecule has 214 valence electrons. The highest BCUT2D eigenvalue weighted by molar-refractivity contribution is 5.81. The molecule has 2 spiro atoms. The fourth-order valence-electron chi connectivity index (χ4n) is 6.38. The Balaban J connectivity index is 0.000000137. The Morgan fingerprint density at radius 3 is 1.69 bits per heavy atom. The lowest BCUT2D eigenvalue weighted by Gasteiger charge is -2.42. The van der Waals surface area contributed by atoms with E-state index in [1.165, 1.54) is 0 Å². The summed E-state index contributed by atoms with van der Waals surface area (Å²) >= 11 is 0. The van der Waals surface area contributed by atoms with Crippen LogP contribution in [0.2, 0.25) is 0 Å². The molecule has 2 aliphatic heterocycles. The molecule has 2 saturated carbocycles. The van der Waals surface area contributed by atoms with Gasteiger partial charge in [-0.25, -0.2) is 29.9 Å². The number of aromatic nitrogens is 6. The zero-order valence-electron chi connectivity index (χ0n) is 22.9. The number of aliphatic hydroxyl groups is 1. The molecule has 2 fully saturated rings. The number of ketones is 1. The third kappa shape index (κ3) is 4.38. The van der Waals surface area contributed by atoms with Crippen LogP contribution in [0.3, 0.4) is 0 Å². The number of ether oxygens (including phenoxy) is 2. The van der Waals surface area contributed by atoms with E-state index in [0.717, 1.165) is 33.6 Å². The van der Waals surface area contributed by atoms with Crippen molar-refractivity contribution in [3.63, 3.8) is 0 Å². The van der Waals surface area contributed by atoms with Crippen molar-refractivity contribution in [3.05, 3.63) is 60.4 Å². The van der Waals surface area contributed by atoms with Gasteiger partial charge in [0, 0.05) is 59.9 Å². The number of aliphatic hydroxyl groups excluding tert-OH is 1. The first-order valence-electron chi connectivity index (χ1n) is 14.1. The number of pyridine rings is 2. The summed E-state index contributed by atoms with van der Waals surface area (Å²) in [6, 6.07) is 7.60. The number of nitrogens with zero attached hydrogens (tertiary/aromatic N) is 6. The van der Waals surface area contributed by atoms with Crippen LogP contribution in [0.15, 0.2) is 49.1 Å². The molecule has 12 nitrogen and oxygen atoms in total. The predicted octanol–water partition coefficient (Wildman–Crippen LogP) is 3.50. The lowest BCUT2D eigenvalue weighted by Crippen LogP contribution is -2.42. The van der Waals surface area contributed by atoms with E-state index >= 15 is 0 Å². The lowest BCUT2D eigenvalue weighted by molar-refractivity contribution is -0.124. The smallest absolute Gasteiger partial charge is 0.222 e. The second-order valence-electron chi connectivity index (χ2n) is 11.2. The van der Waals surface area contributed by atoms with Crippen LogP contribution in [-0.4, -0.2) is 46.9 Å². The molecule has 4 aliphatic rings. The number of hydrogen-bond acceptors (Lipinski definition) is 12. The Labute approximate surface area is 241 Å². The van der Waals surface area contributed by atoms with Crippen molar-refractivity contribution in [1.82, 2.24) is 29.9 Å². The van der Waals surface area contributed by atoms with E-state index in [2.05, 4.69) is 29.9 Å². The molecule has 4 aromatic heterocycles. The maximum atomic E-state index is 11.6. The first-order chi connectivity index (χ1) is 20.4. The number of carbonyl (C=O) groups is 1. The SMILES string of the molecule is Nc1ncc2c(n1)C1(CCC(=O)CC1)Oc1ncccc1-2.Nc1ncc2c(n1)C1(CCC(O)CC1)Oc1ncccc1-2. The Bertz CT molecular complexity index is 1680. The van der Waals surface area contributed by atoms with Crippen molar-refractivity contribution < 1.29 is 19.4 Å². The Morgan fingerprint density at radius 2 is 1.19 bits per heavy atom. The molecule has 4 aromatic rings. The van der Waals surface area contributed by atoms with Crippen LogP contribution in [0.5, 0.6) is 11.8 Å². The minimum Gasteiger partial charge on any atom is -0.464 e. The van der Waals surface area contributed by atoms with Crippen molar-refractivity contribution in [2.75, 3.05) is 11.5 Å². The van der Waals surface area contributed by atoms with Gasteiger partial charge in [0.05, 0.1) is 17.5 Å². The van der Waals surface area contributed by atoms with Gasteiger partial charge in [0.15, 0.2) is 11.2 Å². The number of fused-ring (bicyclic) bond motifs is 8. The highest BCUT2D eigenvalue weighted by Crippen LogP contribution is 2.50. The number of Topliss-reactive ketones (excluding diaryl/α,β-unsaturated/α-hetero) is 1. The highest BCUT2D eigenvalue weighted by atomic mass is 16.5. The van der Waals surface area contributed by atoms with E-state index in [1.54, 1.807) is 24.8 Å². The number of anilines is 2. The maximum absolute atomic E-state index is 11.6. The van der Waals surface area contributed by atoms with Gasteiger partial charge in [-0.15, -0.1) is 0 Å².